The van der Waals surface area contributed by atoms with Crippen molar-refractivity contribution in [3.05, 3.63) is 47.5 Å². The molecule has 0 aliphatic carbocycles. The Morgan fingerprint density at radius 3 is 1.29 bits per heavy atom. The van der Waals surface area contributed by atoms with E-state index in [1.54, 1.807) is 18.2 Å². The number of nitrogens with one attached hydrogen (secondary N) is 6. The summed E-state index contributed by atoms with van der Waals surface area (Å²) in [5, 5.41) is 68.2. The molecule has 0 unspecified atom stereocenters. The maximum atomic E-state index is 12.6. The largest absolute Gasteiger partial charge is 1.00 e. The van der Waals surface area contributed by atoms with E-state index in [0.29, 0.717) is 41.3 Å². The normalized spacial score (nSPS) is 11.2. The minimum atomic E-state index is -5.05. The second-order valence-electron chi connectivity index (χ2n) is 12.4. The van der Waals surface area contributed by atoms with E-state index in [1.807, 2.05) is 0 Å². The van der Waals surface area contributed by atoms with Crippen LogP contribution in [0.25, 0.3) is 12.2 Å². The Morgan fingerprint density at radius 2 is 0.909 bits per heavy atom. The van der Waals surface area contributed by atoms with Gasteiger partial charge in [-0.1, -0.05) is 24.3 Å². The standard InChI is InChI=1S/C36H52N12O14S2.2Na/c49-11-19-57-15-7-37-31-43-32(38-8-16-58-20-12-50)46-35(45-31)41-27-5-3-25(29(23-27)63-62-61-53)1-2-26-4-6-28(24-30(26)64(54,55)56)42-36-47-33(39-9-17-59-21-13-51)44-34(48-36)40-10-18-60-22-14-52;;/h1-6,23-24,49-53H,7-22H2,(H,54,55,56)(H3,37,38,41,43,45,46)(H3,39,40,42,44,47,48);;/q;2*+1/p-2. The molecule has 4 aromatic rings. The van der Waals surface area contributed by atoms with Crippen LogP contribution in [0.4, 0.5) is 47.1 Å². The predicted octanol–water partition coefficient (Wildman–Crippen LogP) is -6.46. The number of nitrogens with zero attached hydrogens (tertiary/aromatic N) is 6. The van der Waals surface area contributed by atoms with Crippen molar-refractivity contribution in [2.45, 2.75) is 9.79 Å². The zero-order valence-electron chi connectivity index (χ0n) is 36.3. The minimum Gasteiger partial charge on any atom is -0.744 e. The van der Waals surface area contributed by atoms with Gasteiger partial charge >= 0.3 is 59.1 Å². The number of aromatic nitrogens is 6. The van der Waals surface area contributed by atoms with Gasteiger partial charge in [-0.2, -0.15) is 34.2 Å². The number of benzene rings is 2. The van der Waals surface area contributed by atoms with Gasteiger partial charge in [-0.3, -0.25) is 5.04 Å². The molecule has 26 nitrogen and oxygen atoms in total. The van der Waals surface area contributed by atoms with E-state index in [1.165, 1.54) is 24.3 Å². The summed E-state index contributed by atoms with van der Waals surface area (Å²) < 4.78 is 63.4. The number of aliphatic hydroxyl groups is 4. The van der Waals surface area contributed by atoms with Crippen molar-refractivity contribution in [1.82, 2.24) is 29.9 Å². The summed E-state index contributed by atoms with van der Waals surface area (Å²) in [4.78, 5) is 25.8. The first-order valence-corrected chi connectivity index (χ1v) is 21.6. The Labute approximate surface area is 428 Å². The van der Waals surface area contributed by atoms with E-state index >= 15 is 0 Å². The second kappa shape index (κ2) is 34.2. The molecule has 0 spiro atoms. The van der Waals surface area contributed by atoms with Crippen molar-refractivity contribution in [1.29, 1.82) is 0 Å². The van der Waals surface area contributed by atoms with Crippen LogP contribution >= 0.6 is 12.0 Å². The molecule has 4 rings (SSSR count). The quantitative estimate of drug-likeness (QED) is 0.00396. The number of anilines is 8. The summed E-state index contributed by atoms with van der Waals surface area (Å²) in [5.41, 5.74) is 1.02. The van der Waals surface area contributed by atoms with Gasteiger partial charge in [0.1, 0.15) is 10.1 Å². The topological polar surface area (TPSA) is 366 Å². The van der Waals surface area contributed by atoms with E-state index in [-0.39, 0.29) is 198 Å². The van der Waals surface area contributed by atoms with Gasteiger partial charge < -0.3 is 81.1 Å². The zero-order valence-corrected chi connectivity index (χ0v) is 41.9. The zero-order chi connectivity index (χ0) is 45.8. The van der Waals surface area contributed by atoms with Crippen LogP contribution < -0.4 is 96.3 Å². The van der Waals surface area contributed by atoms with Crippen LogP contribution in [-0.4, -0.2) is 169 Å². The Kier molecular flexibility index (Phi) is 30.5. The number of rotatable bonds is 34. The fourth-order valence-corrected chi connectivity index (χ4v) is 6.27. The van der Waals surface area contributed by atoms with Gasteiger partial charge in [0.25, 0.3) is 0 Å². The van der Waals surface area contributed by atoms with Crippen molar-refractivity contribution in [2.24, 2.45) is 0 Å². The van der Waals surface area contributed by atoms with E-state index in [0.717, 1.165) is 6.07 Å². The summed E-state index contributed by atoms with van der Waals surface area (Å²) in [6, 6.07) is 8.85. The molecule has 0 aliphatic heterocycles. The van der Waals surface area contributed by atoms with Crippen molar-refractivity contribution in [2.75, 3.05) is 137 Å². The molecular formula is C36H50N12Na2O14S2. The molecular weight excluding hydrogens is 935 g/mol. The molecule has 66 heavy (non-hydrogen) atoms. The number of hydrogen-bond acceptors (Lipinski definition) is 27. The Balaban J connectivity index is 0.00000748. The van der Waals surface area contributed by atoms with Crippen LogP contribution in [0.3, 0.4) is 0 Å². The van der Waals surface area contributed by atoms with E-state index in [4.69, 9.17) is 39.4 Å². The molecule has 0 saturated carbocycles. The van der Waals surface area contributed by atoms with Crippen LogP contribution in [0.15, 0.2) is 46.2 Å². The molecule has 30 heteroatoms. The van der Waals surface area contributed by atoms with Gasteiger partial charge in [0.15, 0.2) is 0 Å². The molecule has 0 atom stereocenters. The van der Waals surface area contributed by atoms with Crippen LogP contribution in [0.2, 0.25) is 0 Å². The first kappa shape index (κ1) is 58.9. The third-order valence-electron chi connectivity index (χ3n) is 7.73. The smallest absolute Gasteiger partial charge is 0.744 e. The number of aliphatic hydroxyl groups excluding tert-OH is 4. The van der Waals surface area contributed by atoms with Crippen molar-refractivity contribution < 1.29 is 126 Å². The van der Waals surface area contributed by atoms with Gasteiger partial charge in [-0.15, -0.1) is 0 Å². The average Bonchev–Trinajstić information content (AvgIpc) is 3.27. The SMILES string of the molecule is O=S(=O)([O-])c1cc(Nc2nc(NCCOCCO)nc(NCCOCCO)n2)ccc1C=Cc1ccc(Nc2nc(NCCOCCO)nc(NCCOCCO)n2)cc1SOO[O-].[Na+].[Na+]. The number of ether oxygens (including phenoxy) is 4. The summed E-state index contributed by atoms with van der Waals surface area (Å²) in [6.45, 7) is 2.31. The van der Waals surface area contributed by atoms with Crippen LogP contribution in [-0.2, 0) is 38.4 Å². The van der Waals surface area contributed by atoms with E-state index in [9.17, 15) is 18.2 Å². The van der Waals surface area contributed by atoms with Gasteiger partial charge in [-0.25, -0.2) is 8.42 Å². The summed E-state index contributed by atoms with van der Waals surface area (Å²) in [7, 11) is -5.05. The third kappa shape index (κ3) is 22.7. The maximum absolute atomic E-state index is 12.6. The summed E-state index contributed by atoms with van der Waals surface area (Å²) in [5.74, 6) is 0.745. The van der Waals surface area contributed by atoms with Crippen molar-refractivity contribution >= 4 is 81.4 Å². The molecule has 2 heterocycles. The first-order valence-electron chi connectivity index (χ1n) is 19.5. The Hall–Kier alpha value is -3.18. The van der Waals surface area contributed by atoms with Crippen molar-refractivity contribution in [3.8, 4) is 0 Å². The van der Waals surface area contributed by atoms with Gasteiger partial charge in [0, 0.05) is 42.4 Å². The third-order valence-corrected chi connectivity index (χ3v) is 9.28. The fraction of sp³-hybridized carbons (Fsp3) is 0.444. The Morgan fingerprint density at radius 1 is 0.545 bits per heavy atom. The molecule has 0 fully saturated rings. The number of hydrogen-bond donors (Lipinski definition) is 10. The first-order chi connectivity index (χ1) is 31.1. The maximum Gasteiger partial charge on any atom is 1.00 e. The van der Waals surface area contributed by atoms with Gasteiger partial charge in [0.2, 0.25) is 35.7 Å². The minimum absolute atomic E-state index is 0. The molecule has 2 aromatic carbocycles. The fourth-order valence-electron chi connectivity index (χ4n) is 5.06. The predicted molar refractivity (Wildman–Crippen MR) is 230 cm³/mol. The van der Waals surface area contributed by atoms with E-state index < -0.39 is 15.0 Å². The Bertz CT molecular complexity index is 2080. The molecule has 0 aliphatic rings. The molecule has 0 bridgehead atoms. The van der Waals surface area contributed by atoms with E-state index in [2.05, 4.69) is 71.2 Å². The monoisotopic (exact) mass is 984 g/mol. The second-order valence-corrected chi connectivity index (χ2v) is 14.5. The molecule has 0 saturated heterocycles. The molecule has 352 valence electrons. The molecule has 0 radical (unpaired) electrons. The van der Waals surface area contributed by atoms with Crippen molar-refractivity contribution in [3.63, 3.8) is 0 Å². The molecule has 10 N–H and O–H groups in total. The molecule has 2 aromatic heterocycles. The molecule has 0 amide bonds. The van der Waals surface area contributed by atoms with Crippen LogP contribution in [0.5, 0.6) is 0 Å². The van der Waals surface area contributed by atoms with Gasteiger partial charge in [-0.05, 0) is 35.4 Å². The average molecular weight is 985 g/mol. The van der Waals surface area contributed by atoms with Crippen LogP contribution in [0, 0.1) is 0 Å². The van der Waals surface area contributed by atoms with Crippen LogP contribution in [0.1, 0.15) is 11.1 Å². The summed E-state index contributed by atoms with van der Waals surface area (Å²) in [6.07, 6.45) is 2.89. The van der Waals surface area contributed by atoms with Gasteiger partial charge in [0.05, 0.1) is 96.2 Å². The summed E-state index contributed by atoms with van der Waals surface area (Å²) >= 11 is 0.560.